The summed E-state index contributed by atoms with van der Waals surface area (Å²) in [6, 6.07) is 3.48. The molecule has 0 spiro atoms. The van der Waals surface area contributed by atoms with Crippen LogP contribution in [0.1, 0.15) is 40.4 Å². The van der Waals surface area contributed by atoms with Crippen LogP contribution < -0.4 is 10.6 Å². The molecule has 2 aromatic heterocycles. The Kier molecular flexibility index (Phi) is 4.68. The summed E-state index contributed by atoms with van der Waals surface area (Å²) >= 11 is 1.55. The van der Waals surface area contributed by atoms with Crippen LogP contribution in [-0.2, 0) is 0 Å². The van der Waals surface area contributed by atoms with Crippen molar-refractivity contribution in [3.05, 3.63) is 40.0 Å². The standard InChI is InChI=1S/C14H18N4OS/c1-4-11(14-16-5-6-20-14)18-13(19)10-7-9(2)17-12(8-10)15-3/h5-8,11H,4H2,1-3H3,(H,15,17)(H,18,19). The van der Waals surface area contributed by atoms with Gasteiger partial charge in [0.15, 0.2) is 0 Å². The monoisotopic (exact) mass is 290 g/mol. The number of nitrogens with zero attached hydrogens (tertiary/aromatic N) is 2. The third kappa shape index (κ3) is 3.33. The molecule has 0 saturated carbocycles. The Balaban J connectivity index is 2.17. The number of carbonyl (C=O) groups excluding carboxylic acids is 1. The van der Waals surface area contributed by atoms with Gasteiger partial charge in [-0.25, -0.2) is 9.97 Å². The molecular formula is C14H18N4OS. The molecule has 20 heavy (non-hydrogen) atoms. The summed E-state index contributed by atoms with van der Waals surface area (Å²) in [6.45, 7) is 3.90. The Morgan fingerprint density at radius 3 is 2.85 bits per heavy atom. The topological polar surface area (TPSA) is 66.9 Å². The van der Waals surface area contributed by atoms with Crippen molar-refractivity contribution in [3.63, 3.8) is 0 Å². The number of rotatable bonds is 5. The summed E-state index contributed by atoms with van der Waals surface area (Å²) in [5, 5.41) is 8.82. The fourth-order valence-electron chi connectivity index (χ4n) is 1.91. The second-order valence-corrected chi connectivity index (χ2v) is 5.36. The van der Waals surface area contributed by atoms with E-state index in [1.165, 1.54) is 0 Å². The van der Waals surface area contributed by atoms with Crippen molar-refractivity contribution < 1.29 is 4.79 Å². The van der Waals surface area contributed by atoms with Gasteiger partial charge in [-0.1, -0.05) is 6.92 Å². The van der Waals surface area contributed by atoms with Gasteiger partial charge in [0.25, 0.3) is 5.91 Å². The van der Waals surface area contributed by atoms with E-state index in [9.17, 15) is 4.79 Å². The van der Waals surface area contributed by atoms with E-state index >= 15 is 0 Å². The highest BCUT2D eigenvalue weighted by Crippen LogP contribution is 2.20. The molecule has 1 unspecified atom stereocenters. The van der Waals surface area contributed by atoms with Crippen LogP contribution >= 0.6 is 11.3 Å². The lowest BCUT2D eigenvalue weighted by Crippen LogP contribution is -2.28. The number of aryl methyl sites for hydroxylation is 1. The molecule has 2 rings (SSSR count). The molecule has 106 valence electrons. The van der Waals surface area contributed by atoms with Crippen molar-refractivity contribution in [2.45, 2.75) is 26.3 Å². The van der Waals surface area contributed by atoms with Gasteiger partial charge >= 0.3 is 0 Å². The Morgan fingerprint density at radius 1 is 1.45 bits per heavy atom. The number of amides is 1. The van der Waals surface area contributed by atoms with Crippen molar-refractivity contribution in [2.24, 2.45) is 0 Å². The van der Waals surface area contributed by atoms with Crippen LogP contribution in [0.3, 0.4) is 0 Å². The number of pyridine rings is 1. The number of aromatic nitrogens is 2. The molecule has 0 bridgehead atoms. The van der Waals surface area contributed by atoms with Crippen LogP contribution in [0.2, 0.25) is 0 Å². The first-order valence-electron chi connectivity index (χ1n) is 6.50. The van der Waals surface area contributed by atoms with E-state index in [0.29, 0.717) is 11.4 Å². The first-order valence-corrected chi connectivity index (χ1v) is 7.38. The first kappa shape index (κ1) is 14.5. The van der Waals surface area contributed by atoms with E-state index in [0.717, 1.165) is 17.1 Å². The number of thiazole rings is 1. The number of hydrogen-bond donors (Lipinski definition) is 2. The maximum atomic E-state index is 12.3. The number of anilines is 1. The zero-order valence-electron chi connectivity index (χ0n) is 11.8. The van der Waals surface area contributed by atoms with Crippen molar-refractivity contribution in [1.82, 2.24) is 15.3 Å². The van der Waals surface area contributed by atoms with Gasteiger partial charge in [0.05, 0.1) is 6.04 Å². The molecule has 0 radical (unpaired) electrons. The molecule has 0 aliphatic heterocycles. The SMILES string of the molecule is CCC(NC(=O)c1cc(C)nc(NC)c1)c1nccs1. The Morgan fingerprint density at radius 2 is 2.25 bits per heavy atom. The van der Waals surface area contributed by atoms with Gasteiger partial charge in [-0.3, -0.25) is 4.79 Å². The lowest BCUT2D eigenvalue weighted by Gasteiger charge is -2.15. The van der Waals surface area contributed by atoms with Gasteiger partial charge in [0.2, 0.25) is 0 Å². The van der Waals surface area contributed by atoms with Crippen LogP contribution in [0.25, 0.3) is 0 Å². The minimum Gasteiger partial charge on any atom is -0.373 e. The third-order valence-corrected chi connectivity index (χ3v) is 3.82. The molecular weight excluding hydrogens is 272 g/mol. The molecule has 0 saturated heterocycles. The fraction of sp³-hybridized carbons (Fsp3) is 0.357. The van der Waals surface area contributed by atoms with E-state index in [1.54, 1.807) is 36.7 Å². The van der Waals surface area contributed by atoms with Gasteiger partial charge in [-0.15, -0.1) is 11.3 Å². The first-order chi connectivity index (χ1) is 9.63. The summed E-state index contributed by atoms with van der Waals surface area (Å²) < 4.78 is 0. The zero-order chi connectivity index (χ0) is 14.5. The van der Waals surface area contributed by atoms with Crippen LogP contribution in [0.5, 0.6) is 0 Å². The second-order valence-electron chi connectivity index (χ2n) is 4.44. The molecule has 0 fully saturated rings. The highest BCUT2D eigenvalue weighted by atomic mass is 32.1. The minimum absolute atomic E-state index is 0.0472. The Hall–Kier alpha value is -1.95. The van der Waals surface area contributed by atoms with E-state index in [-0.39, 0.29) is 11.9 Å². The van der Waals surface area contributed by atoms with Gasteiger partial charge in [-0.2, -0.15) is 0 Å². The van der Waals surface area contributed by atoms with Crippen molar-refractivity contribution in [2.75, 3.05) is 12.4 Å². The minimum atomic E-state index is -0.103. The van der Waals surface area contributed by atoms with Gasteiger partial charge in [-0.05, 0) is 25.5 Å². The second kappa shape index (κ2) is 6.47. The van der Waals surface area contributed by atoms with Crippen LogP contribution in [-0.4, -0.2) is 22.9 Å². The molecule has 2 aromatic rings. The highest BCUT2D eigenvalue weighted by molar-refractivity contribution is 7.09. The third-order valence-electron chi connectivity index (χ3n) is 2.93. The summed E-state index contributed by atoms with van der Waals surface area (Å²) in [5.41, 5.74) is 1.42. The number of hydrogen-bond acceptors (Lipinski definition) is 5. The molecule has 0 aliphatic carbocycles. The largest absolute Gasteiger partial charge is 0.373 e. The summed E-state index contributed by atoms with van der Waals surface area (Å²) in [7, 11) is 1.79. The fourth-order valence-corrected chi connectivity index (χ4v) is 2.69. The maximum absolute atomic E-state index is 12.3. The van der Waals surface area contributed by atoms with Gasteiger partial charge < -0.3 is 10.6 Å². The molecule has 1 atom stereocenters. The maximum Gasteiger partial charge on any atom is 0.252 e. The van der Waals surface area contributed by atoms with Gasteiger partial charge in [0.1, 0.15) is 10.8 Å². The average molecular weight is 290 g/mol. The molecule has 2 N–H and O–H groups in total. The number of carbonyl (C=O) groups is 1. The summed E-state index contributed by atoms with van der Waals surface area (Å²) in [5.74, 6) is 0.589. The van der Waals surface area contributed by atoms with E-state index < -0.39 is 0 Å². The summed E-state index contributed by atoms with van der Waals surface area (Å²) in [4.78, 5) is 20.9. The van der Waals surface area contributed by atoms with Crippen molar-refractivity contribution in [3.8, 4) is 0 Å². The van der Waals surface area contributed by atoms with Crippen molar-refractivity contribution in [1.29, 1.82) is 0 Å². The number of nitrogens with one attached hydrogen (secondary N) is 2. The van der Waals surface area contributed by atoms with E-state index in [2.05, 4.69) is 20.6 Å². The molecule has 0 aromatic carbocycles. The van der Waals surface area contributed by atoms with Crippen LogP contribution in [0, 0.1) is 6.92 Å². The molecule has 5 nitrogen and oxygen atoms in total. The normalized spacial score (nSPS) is 11.9. The highest BCUT2D eigenvalue weighted by Gasteiger charge is 2.16. The lowest BCUT2D eigenvalue weighted by molar-refractivity contribution is 0.0935. The lowest BCUT2D eigenvalue weighted by atomic mass is 10.1. The predicted molar refractivity (Wildman–Crippen MR) is 81.1 cm³/mol. The predicted octanol–water partition coefficient (Wildman–Crippen LogP) is 2.77. The molecule has 1 amide bonds. The molecule has 6 heteroatoms. The van der Waals surface area contributed by atoms with Crippen molar-refractivity contribution >= 4 is 23.1 Å². The molecule has 2 heterocycles. The Labute approximate surface area is 122 Å². The smallest absolute Gasteiger partial charge is 0.252 e. The average Bonchev–Trinajstić information content (AvgIpc) is 2.97. The Bertz CT molecular complexity index is 583. The zero-order valence-corrected chi connectivity index (χ0v) is 12.6. The van der Waals surface area contributed by atoms with Crippen LogP contribution in [0.15, 0.2) is 23.7 Å². The molecule has 0 aliphatic rings. The van der Waals surface area contributed by atoms with E-state index in [1.807, 2.05) is 19.2 Å². The summed E-state index contributed by atoms with van der Waals surface area (Å²) in [6.07, 6.45) is 2.56. The van der Waals surface area contributed by atoms with Gasteiger partial charge in [0, 0.05) is 29.9 Å². The van der Waals surface area contributed by atoms with E-state index in [4.69, 9.17) is 0 Å². The van der Waals surface area contributed by atoms with Crippen LogP contribution in [0.4, 0.5) is 5.82 Å². The quantitative estimate of drug-likeness (QED) is 0.888.